The Kier molecular flexibility index (Phi) is 15.2. The van der Waals surface area contributed by atoms with E-state index in [2.05, 4.69) is 95.3 Å². The van der Waals surface area contributed by atoms with Crippen molar-refractivity contribution in [1.82, 2.24) is 0 Å². The number of carbonyl (C=O) groups excluding carboxylic acids is 2. The molecule has 74 heavy (non-hydrogen) atoms. The van der Waals surface area contributed by atoms with E-state index in [-0.39, 0.29) is 30.9 Å². The van der Waals surface area contributed by atoms with Gasteiger partial charge < -0.3 is 24.8 Å². The van der Waals surface area contributed by atoms with E-state index < -0.39 is 45.6 Å². The molecule has 0 saturated heterocycles. The van der Waals surface area contributed by atoms with Crippen LogP contribution in [0.25, 0.3) is 0 Å². The van der Waals surface area contributed by atoms with Crippen LogP contribution in [0.1, 0.15) is 207 Å². The lowest BCUT2D eigenvalue weighted by atomic mass is 9.31. The first-order valence-electron chi connectivity index (χ1n) is 30.2. The van der Waals surface area contributed by atoms with E-state index in [1.54, 1.807) is 6.08 Å². The van der Waals surface area contributed by atoms with Crippen molar-refractivity contribution in [2.75, 3.05) is 6.61 Å². The lowest BCUT2D eigenvalue weighted by Gasteiger charge is -2.76. The fourth-order valence-electron chi connectivity index (χ4n) is 19.8. The Bertz CT molecular complexity index is 2350. The summed E-state index contributed by atoms with van der Waals surface area (Å²) < 4.78 is 12.0. The molecule has 406 valence electrons. The van der Waals surface area contributed by atoms with Crippen molar-refractivity contribution in [2.45, 2.75) is 232 Å². The largest absolute Gasteiger partial charge is 0.462 e. The normalized spacial score (nSPS) is 41.8. The van der Waals surface area contributed by atoms with Crippen molar-refractivity contribution in [2.24, 2.45) is 68.0 Å². The second-order valence-corrected chi connectivity index (χ2v) is 28.2. The molecular formula is C67H96O7. The molecule has 1 aliphatic heterocycles. The third-order valence-corrected chi connectivity index (χ3v) is 23.3. The van der Waals surface area contributed by atoms with E-state index in [0.29, 0.717) is 47.8 Å². The molecule has 1 heterocycles. The number of rotatable bonds is 18. The molecule has 0 unspecified atom stereocenters. The summed E-state index contributed by atoms with van der Waals surface area (Å²) in [5, 5.41) is 41.6. The first-order valence-corrected chi connectivity index (χ1v) is 30.2. The van der Waals surface area contributed by atoms with Crippen LogP contribution in [0.5, 0.6) is 0 Å². The van der Waals surface area contributed by atoms with Crippen molar-refractivity contribution in [1.29, 1.82) is 0 Å². The van der Waals surface area contributed by atoms with Crippen LogP contribution in [-0.4, -0.2) is 57.3 Å². The Morgan fingerprint density at radius 3 is 2.08 bits per heavy atom. The zero-order valence-electron chi connectivity index (χ0n) is 46.7. The van der Waals surface area contributed by atoms with Gasteiger partial charge in [-0.2, -0.15) is 0 Å². The molecule has 10 rings (SSSR count). The fourth-order valence-corrected chi connectivity index (χ4v) is 19.8. The Morgan fingerprint density at radius 2 is 1.42 bits per heavy atom. The smallest absolute Gasteiger partial charge is 0.331 e. The van der Waals surface area contributed by atoms with E-state index in [0.717, 1.165) is 74.7 Å². The topological polar surface area (TPSA) is 113 Å². The van der Waals surface area contributed by atoms with Gasteiger partial charge in [-0.3, -0.25) is 4.79 Å². The van der Waals surface area contributed by atoms with Gasteiger partial charge in [-0.15, -0.1) is 0 Å². The lowest BCUT2D eigenvalue weighted by Crippen LogP contribution is -2.83. The van der Waals surface area contributed by atoms with E-state index in [9.17, 15) is 24.9 Å². The molecule has 2 aromatic carbocycles. The molecule has 0 amide bonds. The summed E-state index contributed by atoms with van der Waals surface area (Å²) in [5.41, 5.74) is -1.15. The number of cyclic esters (lactones) is 1. The molecule has 0 radical (unpaired) electrons. The first-order chi connectivity index (χ1) is 35.3. The fraction of sp³-hybridized carbons (Fsp3) is 0.731. The van der Waals surface area contributed by atoms with E-state index >= 15 is 0 Å². The first kappa shape index (κ1) is 54.1. The number of hydrogen-bond acceptors (Lipinski definition) is 7. The minimum absolute atomic E-state index is 0.191. The highest BCUT2D eigenvalue weighted by atomic mass is 16.5. The molecule has 3 N–H and O–H groups in total. The van der Waals surface area contributed by atoms with Gasteiger partial charge in [-0.1, -0.05) is 127 Å². The maximum Gasteiger partial charge on any atom is 0.331 e. The van der Waals surface area contributed by atoms with Crippen molar-refractivity contribution in [3.63, 3.8) is 0 Å². The Hall–Kier alpha value is -3.26. The third kappa shape index (κ3) is 9.76. The molecule has 7 nitrogen and oxygen atoms in total. The minimum atomic E-state index is -1.60. The molecule has 13 atom stereocenters. The molecule has 4 spiro atoms. The van der Waals surface area contributed by atoms with Gasteiger partial charge in [0.1, 0.15) is 12.7 Å². The molecule has 6 saturated carbocycles. The maximum atomic E-state index is 14.3. The average molecular weight is 1010 g/mol. The molecule has 8 aliphatic rings. The van der Waals surface area contributed by atoms with E-state index in [4.69, 9.17) is 9.47 Å². The summed E-state index contributed by atoms with van der Waals surface area (Å²) in [6.07, 6.45) is 31.3. The maximum absolute atomic E-state index is 14.3. The van der Waals surface area contributed by atoms with E-state index in [1.807, 2.05) is 12.2 Å². The zero-order chi connectivity index (χ0) is 52.2. The number of hydrogen-bond donors (Lipinski definition) is 3. The van der Waals surface area contributed by atoms with Gasteiger partial charge in [-0.05, 0) is 216 Å². The van der Waals surface area contributed by atoms with Gasteiger partial charge >= 0.3 is 11.9 Å². The molecule has 2 bridgehead atoms. The van der Waals surface area contributed by atoms with Crippen LogP contribution in [0.2, 0.25) is 0 Å². The Labute approximate surface area is 446 Å². The number of fused-ring (bicyclic) bond motifs is 1. The number of ether oxygens (including phenoxy) is 2. The summed E-state index contributed by atoms with van der Waals surface area (Å²) in [7, 11) is 0. The highest BCUT2D eigenvalue weighted by Gasteiger charge is 2.82. The number of benzene rings is 2. The number of esters is 2. The third-order valence-electron chi connectivity index (χ3n) is 23.3. The van der Waals surface area contributed by atoms with Gasteiger partial charge in [-0.25, -0.2) is 4.79 Å². The molecule has 6 fully saturated rings. The lowest BCUT2D eigenvalue weighted by molar-refractivity contribution is -0.362. The monoisotopic (exact) mass is 1010 g/mol. The predicted octanol–water partition coefficient (Wildman–Crippen LogP) is 14.4. The van der Waals surface area contributed by atoms with Crippen LogP contribution in [0.15, 0.2) is 84.5 Å². The number of carbonyl (C=O) groups is 2. The van der Waals surface area contributed by atoms with E-state index in [1.165, 1.54) is 102 Å². The Balaban J connectivity index is 0.959. The van der Waals surface area contributed by atoms with Crippen LogP contribution in [-0.2, 0) is 31.9 Å². The van der Waals surface area contributed by atoms with Gasteiger partial charge in [0, 0.05) is 24.3 Å². The average Bonchev–Trinajstić information content (AvgIpc) is 4.27. The summed E-state index contributed by atoms with van der Waals surface area (Å²) in [5.74, 6) is 1.76. The molecule has 2 aromatic rings. The highest BCUT2D eigenvalue weighted by Crippen LogP contribution is 2.77. The zero-order valence-corrected chi connectivity index (χ0v) is 46.7. The second-order valence-electron chi connectivity index (χ2n) is 28.2. The highest BCUT2D eigenvalue weighted by molar-refractivity contribution is 5.85. The predicted molar refractivity (Wildman–Crippen MR) is 295 cm³/mol. The standard InChI is InChI=1S/C67H96O7/c1-47(2)20-21-52-25-31-63(41-52)37-38-64(46-63)45-62(42-55(64)23-22-51-17-11-8-12-18-51)32-27-54(28-33-62)61(6)30-29-57(69)67-59(61)56(74-49(4)68)43-60(5,66(67,72)35-26-53-40-58(70)73-44-53)36-39-65(67,71)34-24-48(3)14-13-19-50-15-9-7-10-16-50/h7-12,15-18,36,39-40,47-48,52,54-57,59,69,71-72H,13-14,19-35,37-38,41-46H2,1-6H3/t48-,52+,54?,55-,56-,57+,59+,60+,61+,62?,63+,64+,65+,66-,67+/m1/s1. The van der Waals surface area contributed by atoms with Crippen molar-refractivity contribution in [3.05, 3.63) is 95.6 Å². The number of aryl methyl sites for hydroxylation is 2. The van der Waals surface area contributed by atoms with Crippen LogP contribution in [0, 0.1) is 68.0 Å². The summed E-state index contributed by atoms with van der Waals surface area (Å²) in [6.45, 7) is 13.2. The van der Waals surface area contributed by atoms with Crippen LogP contribution < -0.4 is 0 Å². The quantitative estimate of drug-likeness (QED) is 0.101. The van der Waals surface area contributed by atoms with Crippen LogP contribution >= 0.6 is 0 Å². The molecule has 0 aromatic heterocycles. The van der Waals surface area contributed by atoms with Crippen molar-refractivity contribution < 1.29 is 34.4 Å². The van der Waals surface area contributed by atoms with Gasteiger partial charge in [0.2, 0.25) is 0 Å². The van der Waals surface area contributed by atoms with Gasteiger partial charge in [0.25, 0.3) is 0 Å². The number of aliphatic hydroxyl groups excluding tert-OH is 1. The van der Waals surface area contributed by atoms with Crippen LogP contribution in [0.4, 0.5) is 0 Å². The minimum Gasteiger partial charge on any atom is -0.462 e. The van der Waals surface area contributed by atoms with Crippen LogP contribution in [0.3, 0.4) is 0 Å². The van der Waals surface area contributed by atoms with Crippen molar-refractivity contribution >= 4 is 11.9 Å². The molecular weight excluding hydrogens is 917 g/mol. The SMILES string of the molecule is CC(=O)O[C@@H]1C[C@]2(C)C=C[C@@](O)(CC[C@H](C)CCCc3ccccc3)[C@]3([C@@H]1[C@](C)(C1CCC4(CC1)C[C@@H](CCc1ccccc1)[C@@]1(CC[C@]5(CC[C@H](CCC(C)C)C5)C1)C4)CC[C@@H]3O)[C@@]2(O)CCC1=CC(=O)OC1. The van der Waals surface area contributed by atoms with Gasteiger partial charge in [0.05, 0.1) is 22.7 Å². The Morgan fingerprint density at radius 1 is 0.743 bits per heavy atom. The summed E-state index contributed by atoms with van der Waals surface area (Å²) in [4.78, 5) is 25.9. The second kappa shape index (κ2) is 20.8. The molecule has 7 heteroatoms. The molecule has 7 aliphatic carbocycles. The number of aliphatic hydroxyl groups is 3. The van der Waals surface area contributed by atoms with Gasteiger partial charge in [0.15, 0.2) is 0 Å². The summed E-state index contributed by atoms with van der Waals surface area (Å²) in [6, 6.07) is 21.9. The van der Waals surface area contributed by atoms with Crippen molar-refractivity contribution in [3.8, 4) is 0 Å². The summed E-state index contributed by atoms with van der Waals surface area (Å²) >= 11 is 0.